The first-order chi connectivity index (χ1) is 22.2. The van der Waals surface area contributed by atoms with Gasteiger partial charge in [-0.2, -0.15) is 0 Å². The van der Waals surface area contributed by atoms with Crippen LogP contribution in [-0.4, -0.2) is 15.0 Å². The topological polar surface area (TPSA) is 51.8 Å². The molecule has 7 aromatic rings. The molecule has 0 amide bonds. The van der Waals surface area contributed by atoms with Gasteiger partial charge in [-0.15, -0.1) is 54.1 Å². The van der Waals surface area contributed by atoms with E-state index in [2.05, 4.69) is 27.1 Å². The maximum absolute atomic E-state index is 7.88. The third kappa shape index (κ3) is 5.24. The van der Waals surface area contributed by atoms with Crippen molar-refractivity contribution in [2.75, 3.05) is 0 Å². The van der Waals surface area contributed by atoms with Gasteiger partial charge in [-0.05, 0) is 49.6 Å². The molecule has 0 fully saturated rings. The number of aromatic nitrogens is 3. The second-order valence-corrected chi connectivity index (χ2v) is 8.51. The maximum Gasteiger partial charge on any atom is 0.128 e. The van der Waals surface area contributed by atoms with Crippen molar-refractivity contribution in [3.05, 3.63) is 126 Å². The molecular weight excluding hydrogens is 659 g/mol. The van der Waals surface area contributed by atoms with Crippen molar-refractivity contribution in [2.24, 2.45) is 0 Å². The molecule has 3 aromatic carbocycles. The molecule has 0 aliphatic rings. The van der Waals surface area contributed by atoms with Crippen LogP contribution in [0.5, 0.6) is 0 Å². The van der Waals surface area contributed by atoms with Gasteiger partial charge in [0.15, 0.2) is 0 Å². The predicted octanol–water partition coefficient (Wildman–Crippen LogP) is 8.47. The Labute approximate surface area is 253 Å². The number of hydrogen-bond donors (Lipinski definition) is 0. The predicted molar refractivity (Wildman–Crippen MR) is 154 cm³/mol. The number of pyridine rings is 3. The molecule has 0 N–H and O–H groups in total. The van der Waals surface area contributed by atoms with Gasteiger partial charge in [0.25, 0.3) is 0 Å². The molecule has 193 valence electrons. The summed E-state index contributed by atoms with van der Waals surface area (Å²) in [6.07, 6.45) is 3.07. The van der Waals surface area contributed by atoms with Crippen molar-refractivity contribution < 1.29 is 36.9 Å². The van der Waals surface area contributed by atoms with Crippen LogP contribution in [0.15, 0.2) is 102 Å². The van der Waals surface area contributed by atoms with Crippen LogP contribution in [0.4, 0.5) is 0 Å². The standard InChI is InChI=1S/C23H17N2O.C11H8N.Ir/c1-13-7-10-21(24-12-13)19-6-4-5-17-18-9-8-16-15(3)25-14(2)11-20(16)23(18)26-22(17)19;1-2-6-10(7-3-1)11-8-4-5-9-12-11;/h4-5,7-12H,1-3H3;1-6,8-9H;/q2*-1;/i1D3,2D3,3D3;;. The van der Waals surface area contributed by atoms with E-state index in [0.717, 1.165) is 11.3 Å². The number of fused-ring (bicyclic) bond motifs is 5. The summed E-state index contributed by atoms with van der Waals surface area (Å²) in [4.78, 5) is 12.5. The van der Waals surface area contributed by atoms with E-state index in [-0.39, 0.29) is 42.4 Å². The van der Waals surface area contributed by atoms with Crippen LogP contribution < -0.4 is 0 Å². The first-order valence-electron chi connectivity index (χ1n) is 16.3. The third-order valence-electron chi connectivity index (χ3n) is 6.08. The van der Waals surface area contributed by atoms with Gasteiger partial charge in [0.05, 0.1) is 5.58 Å². The molecule has 0 unspecified atom stereocenters. The molecule has 0 aliphatic carbocycles. The van der Waals surface area contributed by atoms with Crippen LogP contribution in [0.3, 0.4) is 0 Å². The fourth-order valence-electron chi connectivity index (χ4n) is 4.33. The Morgan fingerprint density at radius 1 is 0.718 bits per heavy atom. The minimum absolute atomic E-state index is 0. The Bertz CT molecular complexity index is 2160. The van der Waals surface area contributed by atoms with Crippen LogP contribution in [-0.2, 0) is 20.1 Å². The minimum Gasteiger partial charge on any atom is -0.500 e. The molecule has 5 heteroatoms. The van der Waals surface area contributed by atoms with E-state index >= 15 is 0 Å². The summed E-state index contributed by atoms with van der Waals surface area (Å²) in [5.74, 6) is 0. The Morgan fingerprint density at radius 2 is 1.62 bits per heavy atom. The monoisotopic (exact) mass is 693 g/mol. The second-order valence-electron chi connectivity index (χ2n) is 8.51. The Kier molecular flexibility index (Phi) is 5.04. The molecule has 7 rings (SSSR count). The summed E-state index contributed by atoms with van der Waals surface area (Å²) in [7, 11) is 0. The van der Waals surface area contributed by atoms with E-state index in [9.17, 15) is 0 Å². The summed E-state index contributed by atoms with van der Waals surface area (Å²) in [6.45, 7) is -7.53. The Balaban J connectivity index is 0.000000291. The van der Waals surface area contributed by atoms with Crippen molar-refractivity contribution in [3.8, 4) is 22.5 Å². The molecule has 0 saturated heterocycles. The van der Waals surface area contributed by atoms with Crippen molar-refractivity contribution in [2.45, 2.75) is 20.6 Å². The van der Waals surface area contributed by atoms with Gasteiger partial charge in [-0.1, -0.05) is 47.3 Å². The van der Waals surface area contributed by atoms with Crippen LogP contribution in [0.25, 0.3) is 55.2 Å². The fraction of sp³-hybridized carbons (Fsp3) is 0.0882. The largest absolute Gasteiger partial charge is 0.500 e. The van der Waals surface area contributed by atoms with E-state index < -0.39 is 20.6 Å². The van der Waals surface area contributed by atoms with Crippen molar-refractivity contribution in [1.82, 2.24) is 15.0 Å². The van der Waals surface area contributed by atoms with Gasteiger partial charge in [0.2, 0.25) is 0 Å². The molecule has 4 aromatic heterocycles. The second kappa shape index (κ2) is 11.3. The summed E-state index contributed by atoms with van der Waals surface area (Å²) in [5.41, 5.74) is 3.13. The molecule has 4 nitrogen and oxygen atoms in total. The van der Waals surface area contributed by atoms with Gasteiger partial charge in [-0.25, -0.2) is 0 Å². The first-order valence-corrected chi connectivity index (χ1v) is 11.8. The summed E-state index contributed by atoms with van der Waals surface area (Å²) < 4.78 is 75.8. The quantitative estimate of drug-likeness (QED) is 0.171. The summed E-state index contributed by atoms with van der Waals surface area (Å²) in [6, 6.07) is 31.1. The average molecular weight is 693 g/mol. The van der Waals surface area contributed by atoms with Crippen molar-refractivity contribution in [3.63, 3.8) is 0 Å². The molecule has 4 heterocycles. The van der Waals surface area contributed by atoms with Gasteiger partial charge in [-0.3, -0.25) is 4.98 Å². The number of nitrogens with zero attached hydrogens (tertiary/aromatic N) is 3. The molecule has 0 bridgehead atoms. The van der Waals surface area contributed by atoms with Gasteiger partial charge in [0, 0.05) is 72.4 Å². The minimum atomic E-state index is -2.63. The number of aryl methyl sites for hydroxylation is 3. The van der Waals surface area contributed by atoms with E-state index in [1.165, 1.54) is 18.3 Å². The molecule has 0 atom stereocenters. The molecular formula is C34H25IrN3O-2. The van der Waals surface area contributed by atoms with E-state index in [0.29, 0.717) is 38.6 Å². The smallest absolute Gasteiger partial charge is 0.128 e. The van der Waals surface area contributed by atoms with E-state index in [4.69, 9.17) is 16.8 Å². The summed E-state index contributed by atoms with van der Waals surface area (Å²) >= 11 is 0. The number of furan rings is 1. The number of rotatable bonds is 2. The van der Waals surface area contributed by atoms with Crippen LogP contribution in [0, 0.1) is 32.7 Å². The summed E-state index contributed by atoms with van der Waals surface area (Å²) in [5, 5.41) is 1.94. The average Bonchev–Trinajstić information content (AvgIpc) is 3.44. The SMILES string of the molecule is [2H]C([2H])([2H])c1ccc(-c2[c-]ccc3c2oc2c4cc(C([2H])([2H])[2H])nc(C([2H])([2H])[2H])c4ccc32)nc1.[Ir].[c-]1ccccc1-c1ccccn1. The van der Waals surface area contributed by atoms with Crippen molar-refractivity contribution >= 4 is 32.7 Å². The number of hydrogen-bond acceptors (Lipinski definition) is 4. The van der Waals surface area contributed by atoms with Crippen LogP contribution >= 0.6 is 0 Å². The molecule has 39 heavy (non-hydrogen) atoms. The van der Waals surface area contributed by atoms with Crippen LogP contribution in [0.2, 0.25) is 0 Å². The van der Waals surface area contributed by atoms with Crippen molar-refractivity contribution in [1.29, 1.82) is 0 Å². The maximum atomic E-state index is 7.88. The normalized spacial score (nSPS) is 15.1. The van der Waals surface area contributed by atoms with Gasteiger partial charge >= 0.3 is 0 Å². The molecule has 0 saturated carbocycles. The third-order valence-corrected chi connectivity index (χ3v) is 6.08. The zero-order chi connectivity index (χ0) is 33.6. The Hall–Kier alpha value is -4.18. The molecule has 1 radical (unpaired) electrons. The van der Waals surface area contributed by atoms with E-state index in [1.54, 1.807) is 36.5 Å². The van der Waals surface area contributed by atoms with Crippen LogP contribution in [0.1, 0.15) is 29.3 Å². The number of benzene rings is 3. The van der Waals surface area contributed by atoms with Gasteiger partial charge < -0.3 is 14.4 Å². The van der Waals surface area contributed by atoms with Gasteiger partial charge in [0.1, 0.15) is 5.58 Å². The molecule has 0 spiro atoms. The molecule has 0 aliphatic heterocycles. The zero-order valence-corrected chi connectivity index (χ0v) is 22.7. The first kappa shape index (κ1) is 17.4. The fourth-order valence-corrected chi connectivity index (χ4v) is 4.33. The van der Waals surface area contributed by atoms with E-state index in [1.807, 2.05) is 42.5 Å². The zero-order valence-electron chi connectivity index (χ0n) is 29.3. The Morgan fingerprint density at radius 3 is 2.36 bits per heavy atom.